The first-order valence-corrected chi connectivity index (χ1v) is 9.45. The van der Waals surface area contributed by atoms with Crippen LogP contribution in [0.25, 0.3) is 0 Å². The van der Waals surface area contributed by atoms with E-state index in [2.05, 4.69) is 23.4 Å². The van der Waals surface area contributed by atoms with Gasteiger partial charge in [0.15, 0.2) is 0 Å². The summed E-state index contributed by atoms with van der Waals surface area (Å²) in [6.45, 7) is 4.26. The third kappa shape index (κ3) is 3.05. The van der Waals surface area contributed by atoms with Crippen molar-refractivity contribution in [2.45, 2.75) is 44.2 Å². The Morgan fingerprint density at radius 3 is 2.22 bits per heavy atom. The van der Waals surface area contributed by atoms with Crippen LogP contribution >= 0.6 is 0 Å². The van der Waals surface area contributed by atoms with Crippen LogP contribution in [0.15, 0.2) is 73.1 Å². The van der Waals surface area contributed by atoms with Crippen LogP contribution in [0, 0.1) is 0 Å². The molecular weight excluding hydrogens is 336 g/mol. The van der Waals surface area contributed by atoms with Gasteiger partial charge in [-0.1, -0.05) is 60.7 Å². The van der Waals surface area contributed by atoms with Gasteiger partial charge in [0.25, 0.3) is 0 Å². The summed E-state index contributed by atoms with van der Waals surface area (Å²) in [4.78, 5) is 17.7. The number of nitrogens with zero attached hydrogens (tertiary/aromatic N) is 2. The number of imidazole rings is 1. The molecule has 2 aromatic carbocycles. The lowest BCUT2D eigenvalue weighted by molar-refractivity contribution is -0.144. The lowest BCUT2D eigenvalue weighted by atomic mass is 9.72. The Hall–Kier alpha value is -2.88. The SMILES string of the molecule is CC(C)n1ccnc1CC1CC(c2ccccc2)(c2ccccc2)C(=O)O1. The fourth-order valence-corrected chi connectivity index (χ4v) is 4.09. The number of benzene rings is 2. The average molecular weight is 360 g/mol. The molecule has 1 aliphatic rings. The molecule has 0 amide bonds. The highest BCUT2D eigenvalue weighted by atomic mass is 16.6. The van der Waals surface area contributed by atoms with Gasteiger partial charge in [0.05, 0.1) is 0 Å². The van der Waals surface area contributed by atoms with Gasteiger partial charge in [0, 0.05) is 31.3 Å². The number of hydrogen-bond donors (Lipinski definition) is 0. The molecule has 2 heterocycles. The number of esters is 1. The maximum Gasteiger partial charge on any atom is 0.321 e. The van der Waals surface area contributed by atoms with E-state index in [0.717, 1.165) is 17.0 Å². The minimum Gasteiger partial charge on any atom is -0.461 e. The van der Waals surface area contributed by atoms with Crippen LogP contribution in [0.5, 0.6) is 0 Å². The molecule has 1 unspecified atom stereocenters. The van der Waals surface area contributed by atoms with Crippen LogP contribution in [-0.2, 0) is 21.4 Å². The normalized spacial score (nSPS) is 18.6. The van der Waals surface area contributed by atoms with E-state index in [1.165, 1.54) is 0 Å². The van der Waals surface area contributed by atoms with Gasteiger partial charge in [-0.15, -0.1) is 0 Å². The van der Waals surface area contributed by atoms with Crippen molar-refractivity contribution < 1.29 is 9.53 Å². The van der Waals surface area contributed by atoms with Crippen molar-refractivity contribution >= 4 is 5.97 Å². The summed E-state index contributed by atoms with van der Waals surface area (Å²) in [5.41, 5.74) is 1.20. The summed E-state index contributed by atoms with van der Waals surface area (Å²) in [7, 11) is 0. The first-order valence-electron chi connectivity index (χ1n) is 9.45. The maximum absolute atomic E-state index is 13.2. The second-order valence-corrected chi connectivity index (χ2v) is 7.42. The van der Waals surface area contributed by atoms with E-state index >= 15 is 0 Å². The minimum absolute atomic E-state index is 0.174. The summed E-state index contributed by atoms with van der Waals surface area (Å²) in [5, 5.41) is 0. The Kier molecular flexibility index (Phi) is 4.56. The molecule has 1 aliphatic heterocycles. The molecule has 1 atom stereocenters. The molecule has 138 valence electrons. The lowest BCUT2D eigenvalue weighted by Crippen LogP contribution is -2.33. The first kappa shape index (κ1) is 17.5. The topological polar surface area (TPSA) is 44.1 Å². The van der Waals surface area contributed by atoms with Gasteiger partial charge in [0.1, 0.15) is 17.3 Å². The van der Waals surface area contributed by atoms with Crippen LogP contribution in [0.2, 0.25) is 0 Å². The van der Waals surface area contributed by atoms with Crippen molar-refractivity contribution in [3.63, 3.8) is 0 Å². The fraction of sp³-hybridized carbons (Fsp3) is 0.304. The van der Waals surface area contributed by atoms with Gasteiger partial charge in [0.2, 0.25) is 0 Å². The van der Waals surface area contributed by atoms with Crippen molar-refractivity contribution in [1.82, 2.24) is 9.55 Å². The molecule has 27 heavy (non-hydrogen) atoms. The summed E-state index contributed by atoms with van der Waals surface area (Å²) >= 11 is 0. The molecule has 4 heteroatoms. The summed E-state index contributed by atoms with van der Waals surface area (Å²) < 4.78 is 8.04. The maximum atomic E-state index is 13.2. The van der Waals surface area contributed by atoms with Crippen molar-refractivity contribution in [2.24, 2.45) is 0 Å². The monoisotopic (exact) mass is 360 g/mol. The molecule has 3 aromatic rings. The Labute approximate surface area is 159 Å². The highest BCUT2D eigenvalue weighted by molar-refractivity contribution is 5.89. The number of carbonyl (C=O) groups is 1. The standard InChI is InChI=1S/C23H24N2O2/c1-17(2)25-14-13-24-21(25)15-20-16-23(22(26)27-20,18-9-5-3-6-10-18)19-11-7-4-8-12-19/h3-14,17,20H,15-16H2,1-2H3. The van der Waals surface area contributed by atoms with Crippen LogP contribution in [0.4, 0.5) is 0 Å². The minimum atomic E-state index is -0.761. The number of rotatable bonds is 5. The summed E-state index contributed by atoms with van der Waals surface area (Å²) in [6.07, 6.45) is 4.84. The molecule has 0 spiro atoms. The number of hydrogen-bond acceptors (Lipinski definition) is 3. The zero-order valence-corrected chi connectivity index (χ0v) is 15.7. The number of ether oxygens (including phenoxy) is 1. The Bertz CT molecular complexity index is 876. The Morgan fingerprint density at radius 1 is 1.07 bits per heavy atom. The number of cyclic esters (lactones) is 1. The van der Waals surface area contributed by atoms with Crippen LogP contribution < -0.4 is 0 Å². The smallest absolute Gasteiger partial charge is 0.321 e. The fourth-order valence-electron chi connectivity index (χ4n) is 4.09. The molecule has 0 radical (unpaired) electrons. The number of aromatic nitrogens is 2. The molecular formula is C23H24N2O2. The van der Waals surface area contributed by atoms with Gasteiger partial charge in [-0.25, -0.2) is 4.98 Å². The largest absolute Gasteiger partial charge is 0.461 e. The third-order valence-electron chi connectivity index (χ3n) is 5.40. The first-order chi connectivity index (χ1) is 13.1. The molecule has 0 bridgehead atoms. The quantitative estimate of drug-likeness (QED) is 0.637. The van der Waals surface area contributed by atoms with E-state index in [-0.39, 0.29) is 12.1 Å². The molecule has 0 N–H and O–H groups in total. The highest BCUT2D eigenvalue weighted by Crippen LogP contribution is 2.44. The van der Waals surface area contributed by atoms with Gasteiger partial charge in [-0.3, -0.25) is 4.79 Å². The summed E-state index contributed by atoms with van der Waals surface area (Å²) in [6, 6.07) is 20.3. The van der Waals surface area contributed by atoms with E-state index in [4.69, 9.17) is 4.74 Å². The zero-order valence-electron chi connectivity index (χ0n) is 15.7. The van der Waals surface area contributed by atoms with E-state index in [9.17, 15) is 4.79 Å². The van der Waals surface area contributed by atoms with Crippen molar-refractivity contribution in [1.29, 1.82) is 0 Å². The van der Waals surface area contributed by atoms with Gasteiger partial charge < -0.3 is 9.30 Å². The van der Waals surface area contributed by atoms with E-state index in [0.29, 0.717) is 18.9 Å². The molecule has 1 saturated heterocycles. The Balaban J connectivity index is 1.71. The van der Waals surface area contributed by atoms with E-state index in [1.54, 1.807) is 0 Å². The molecule has 4 rings (SSSR count). The van der Waals surface area contributed by atoms with Gasteiger partial charge >= 0.3 is 5.97 Å². The Morgan fingerprint density at radius 2 is 1.67 bits per heavy atom. The second kappa shape index (κ2) is 7.03. The van der Waals surface area contributed by atoms with Gasteiger partial charge in [-0.2, -0.15) is 0 Å². The average Bonchev–Trinajstić information content (AvgIpc) is 3.28. The molecule has 0 saturated carbocycles. The summed E-state index contributed by atoms with van der Waals surface area (Å²) in [5.74, 6) is 0.785. The predicted octanol–water partition coefficient (Wildman–Crippen LogP) is 4.31. The van der Waals surface area contributed by atoms with Crippen LogP contribution in [0.1, 0.15) is 43.3 Å². The second-order valence-electron chi connectivity index (χ2n) is 7.42. The third-order valence-corrected chi connectivity index (χ3v) is 5.40. The van der Waals surface area contributed by atoms with Crippen LogP contribution in [0.3, 0.4) is 0 Å². The zero-order chi connectivity index (χ0) is 18.9. The predicted molar refractivity (Wildman–Crippen MR) is 104 cm³/mol. The van der Waals surface area contributed by atoms with Crippen molar-refractivity contribution in [3.8, 4) is 0 Å². The molecule has 4 nitrogen and oxygen atoms in total. The van der Waals surface area contributed by atoms with Crippen molar-refractivity contribution in [3.05, 3.63) is 90.0 Å². The molecule has 1 fully saturated rings. The van der Waals surface area contributed by atoms with E-state index in [1.807, 2.05) is 73.1 Å². The van der Waals surface area contributed by atoms with Crippen molar-refractivity contribution in [2.75, 3.05) is 0 Å². The van der Waals surface area contributed by atoms with E-state index < -0.39 is 5.41 Å². The molecule has 1 aromatic heterocycles. The number of carbonyl (C=O) groups excluding carboxylic acids is 1. The molecule has 0 aliphatic carbocycles. The highest BCUT2D eigenvalue weighted by Gasteiger charge is 2.51. The van der Waals surface area contributed by atoms with Gasteiger partial charge in [-0.05, 0) is 25.0 Å². The van der Waals surface area contributed by atoms with Crippen LogP contribution in [-0.4, -0.2) is 21.6 Å². The lowest BCUT2D eigenvalue weighted by Gasteiger charge is -2.26.